The van der Waals surface area contributed by atoms with Crippen LogP contribution in [0, 0.1) is 5.92 Å². The summed E-state index contributed by atoms with van der Waals surface area (Å²) in [6.45, 7) is 4.87. The van der Waals surface area contributed by atoms with Gasteiger partial charge in [0.15, 0.2) is 0 Å². The predicted octanol–water partition coefficient (Wildman–Crippen LogP) is 4.14. The first-order valence-corrected chi connectivity index (χ1v) is 9.79. The summed E-state index contributed by atoms with van der Waals surface area (Å²) in [4.78, 5) is 25.3. The van der Waals surface area contributed by atoms with E-state index in [1.54, 1.807) is 25.3 Å². The summed E-state index contributed by atoms with van der Waals surface area (Å²) in [5, 5.41) is 5.98. The van der Waals surface area contributed by atoms with Crippen LogP contribution in [0.4, 0.5) is 5.69 Å². The molecule has 5 heteroatoms. The molecule has 1 aliphatic rings. The van der Waals surface area contributed by atoms with E-state index in [0.717, 1.165) is 24.8 Å². The standard InChI is InChI=1S/C23H28N2O3/c1-16(2)15-24-22(27)23(13-6-14-23)17-9-11-18(12-10-17)25-21(26)19-7-4-5-8-20(19)28-3/h4-5,7-12,16H,6,13-15H2,1-3H3,(H,24,27)(H,25,26). The monoisotopic (exact) mass is 380 g/mol. The van der Waals surface area contributed by atoms with Crippen LogP contribution in [-0.2, 0) is 10.2 Å². The average molecular weight is 380 g/mol. The Morgan fingerprint density at radius 2 is 1.75 bits per heavy atom. The normalized spacial score (nSPS) is 14.9. The van der Waals surface area contributed by atoms with Crippen LogP contribution in [0.15, 0.2) is 48.5 Å². The number of methoxy groups -OCH3 is 1. The summed E-state index contributed by atoms with van der Waals surface area (Å²) < 4.78 is 5.25. The van der Waals surface area contributed by atoms with Crippen LogP contribution in [0.1, 0.15) is 49.0 Å². The number of para-hydroxylation sites is 1. The van der Waals surface area contributed by atoms with Gasteiger partial charge >= 0.3 is 0 Å². The number of hydrogen-bond donors (Lipinski definition) is 2. The van der Waals surface area contributed by atoms with Gasteiger partial charge in [0.05, 0.1) is 18.1 Å². The summed E-state index contributed by atoms with van der Waals surface area (Å²) in [5.41, 5.74) is 1.75. The van der Waals surface area contributed by atoms with Crippen LogP contribution >= 0.6 is 0 Å². The highest BCUT2D eigenvalue weighted by Gasteiger charge is 2.45. The van der Waals surface area contributed by atoms with Gasteiger partial charge < -0.3 is 15.4 Å². The zero-order chi connectivity index (χ0) is 20.1. The Labute approximate surface area is 166 Å². The van der Waals surface area contributed by atoms with Crippen LogP contribution in [0.5, 0.6) is 5.75 Å². The second kappa shape index (κ2) is 8.46. The molecule has 2 aromatic rings. The van der Waals surface area contributed by atoms with Crippen molar-refractivity contribution in [1.29, 1.82) is 0 Å². The molecular formula is C23H28N2O3. The van der Waals surface area contributed by atoms with Gasteiger partial charge in [-0.15, -0.1) is 0 Å². The number of rotatable bonds is 7. The highest BCUT2D eigenvalue weighted by molar-refractivity contribution is 6.06. The number of amides is 2. The van der Waals surface area contributed by atoms with Crippen LogP contribution in [0.3, 0.4) is 0 Å². The predicted molar refractivity (Wildman–Crippen MR) is 111 cm³/mol. The second-order valence-electron chi connectivity index (χ2n) is 7.77. The third-order valence-electron chi connectivity index (χ3n) is 5.36. The zero-order valence-electron chi connectivity index (χ0n) is 16.7. The maximum Gasteiger partial charge on any atom is 0.259 e. The number of benzene rings is 2. The first-order valence-electron chi connectivity index (χ1n) is 9.79. The third kappa shape index (κ3) is 4.03. The first kappa shape index (κ1) is 19.9. The van der Waals surface area contributed by atoms with Gasteiger partial charge in [-0.2, -0.15) is 0 Å². The van der Waals surface area contributed by atoms with Crippen LogP contribution < -0.4 is 15.4 Å². The van der Waals surface area contributed by atoms with Crippen molar-refractivity contribution >= 4 is 17.5 Å². The Bertz CT molecular complexity index is 839. The molecule has 2 aromatic carbocycles. The van der Waals surface area contributed by atoms with Gasteiger partial charge in [0.1, 0.15) is 5.75 Å². The number of carbonyl (C=O) groups excluding carboxylic acids is 2. The summed E-state index contributed by atoms with van der Waals surface area (Å²) >= 11 is 0. The van der Waals surface area contributed by atoms with E-state index in [9.17, 15) is 9.59 Å². The van der Waals surface area contributed by atoms with Crippen LogP contribution in [-0.4, -0.2) is 25.5 Å². The maximum absolute atomic E-state index is 12.8. The van der Waals surface area contributed by atoms with Crippen molar-refractivity contribution in [3.8, 4) is 5.75 Å². The SMILES string of the molecule is COc1ccccc1C(=O)Nc1ccc(C2(C(=O)NCC(C)C)CCC2)cc1. The minimum absolute atomic E-state index is 0.109. The van der Waals surface area contributed by atoms with E-state index in [1.807, 2.05) is 30.3 Å². The lowest BCUT2D eigenvalue weighted by atomic mass is 9.63. The molecular weight excluding hydrogens is 352 g/mol. The van der Waals surface area contributed by atoms with Gasteiger partial charge in [-0.25, -0.2) is 0 Å². The van der Waals surface area contributed by atoms with Crippen LogP contribution in [0.25, 0.3) is 0 Å². The van der Waals surface area contributed by atoms with Gasteiger partial charge in [0.2, 0.25) is 5.91 Å². The molecule has 1 fully saturated rings. The lowest BCUT2D eigenvalue weighted by Crippen LogP contribution is -2.49. The second-order valence-corrected chi connectivity index (χ2v) is 7.77. The topological polar surface area (TPSA) is 67.4 Å². The fourth-order valence-electron chi connectivity index (χ4n) is 3.55. The third-order valence-corrected chi connectivity index (χ3v) is 5.36. The largest absolute Gasteiger partial charge is 0.496 e. The highest BCUT2D eigenvalue weighted by atomic mass is 16.5. The summed E-state index contributed by atoms with van der Waals surface area (Å²) in [6, 6.07) is 14.7. The van der Waals surface area contributed by atoms with E-state index in [-0.39, 0.29) is 11.8 Å². The summed E-state index contributed by atoms with van der Waals surface area (Å²) in [6.07, 6.45) is 2.79. The molecule has 0 aliphatic heterocycles. The van der Waals surface area contributed by atoms with E-state index in [0.29, 0.717) is 29.5 Å². The molecule has 0 heterocycles. The molecule has 3 rings (SSSR count). The minimum Gasteiger partial charge on any atom is -0.496 e. The smallest absolute Gasteiger partial charge is 0.259 e. The van der Waals surface area contributed by atoms with E-state index in [4.69, 9.17) is 4.74 Å². The average Bonchev–Trinajstić information content (AvgIpc) is 2.66. The van der Waals surface area contributed by atoms with Crippen molar-refractivity contribution < 1.29 is 14.3 Å². The van der Waals surface area contributed by atoms with Gasteiger partial charge in [-0.05, 0) is 48.6 Å². The highest BCUT2D eigenvalue weighted by Crippen LogP contribution is 2.44. The number of ether oxygens (including phenoxy) is 1. The molecule has 0 bridgehead atoms. The summed E-state index contributed by atoms with van der Waals surface area (Å²) in [5.74, 6) is 0.844. The van der Waals surface area contributed by atoms with Crippen LogP contribution in [0.2, 0.25) is 0 Å². The van der Waals surface area contributed by atoms with E-state index >= 15 is 0 Å². The molecule has 0 spiro atoms. The molecule has 0 unspecified atom stereocenters. The Hall–Kier alpha value is -2.82. The first-order chi connectivity index (χ1) is 13.5. The molecule has 1 aliphatic carbocycles. The van der Waals surface area contributed by atoms with Crippen molar-refractivity contribution in [1.82, 2.24) is 5.32 Å². The molecule has 0 radical (unpaired) electrons. The lowest BCUT2D eigenvalue weighted by molar-refractivity contribution is -0.130. The van der Waals surface area contributed by atoms with Crippen molar-refractivity contribution in [2.75, 3.05) is 19.0 Å². The molecule has 2 N–H and O–H groups in total. The van der Waals surface area contributed by atoms with Gasteiger partial charge in [0.25, 0.3) is 5.91 Å². The fourth-order valence-corrected chi connectivity index (χ4v) is 3.55. The summed E-state index contributed by atoms with van der Waals surface area (Å²) in [7, 11) is 1.54. The van der Waals surface area contributed by atoms with Crippen molar-refractivity contribution in [3.05, 3.63) is 59.7 Å². The molecule has 2 amide bonds. The Morgan fingerprint density at radius 1 is 1.07 bits per heavy atom. The minimum atomic E-state index is -0.430. The van der Waals surface area contributed by atoms with E-state index in [2.05, 4.69) is 24.5 Å². The Morgan fingerprint density at radius 3 is 2.32 bits per heavy atom. The number of nitrogens with one attached hydrogen (secondary N) is 2. The number of carbonyl (C=O) groups is 2. The molecule has 1 saturated carbocycles. The molecule has 148 valence electrons. The van der Waals surface area contributed by atoms with Crippen molar-refractivity contribution in [3.63, 3.8) is 0 Å². The van der Waals surface area contributed by atoms with Crippen molar-refractivity contribution in [2.45, 2.75) is 38.5 Å². The molecule has 0 aromatic heterocycles. The molecule has 0 saturated heterocycles. The Balaban J connectivity index is 1.72. The quantitative estimate of drug-likeness (QED) is 0.758. The van der Waals surface area contributed by atoms with Gasteiger partial charge in [-0.3, -0.25) is 9.59 Å². The number of hydrogen-bond acceptors (Lipinski definition) is 3. The Kier molecular flexibility index (Phi) is 6.02. The lowest BCUT2D eigenvalue weighted by Gasteiger charge is -2.41. The van der Waals surface area contributed by atoms with E-state index in [1.165, 1.54) is 0 Å². The van der Waals surface area contributed by atoms with Gasteiger partial charge in [0, 0.05) is 12.2 Å². The molecule has 0 atom stereocenters. The molecule has 28 heavy (non-hydrogen) atoms. The molecule has 5 nitrogen and oxygen atoms in total. The number of anilines is 1. The zero-order valence-corrected chi connectivity index (χ0v) is 16.7. The van der Waals surface area contributed by atoms with E-state index < -0.39 is 5.41 Å². The van der Waals surface area contributed by atoms with Gasteiger partial charge in [-0.1, -0.05) is 44.5 Å². The maximum atomic E-state index is 12.8. The fraction of sp³-hybridized carbons (Fsp3) is 0.391. The van der Waals surface area contributed by atoms with Crippen molar-refractivity contribution in [2.24, 2.45) is 5.92 Å².